The number of phenolic OH excluding ortho intramolecular Hbond substituents is 1. The van der Waals surface area contributed by atoms with E-state index in [1.165, 1.54) is 56.3 Å². The topological polar surface area (TPSA) is 102 Å². The summed E-state index contributed by atoms with van der Waals surface area (Å²) < 4.78 is 9.93. The number of phenols is 1. The Hall–Kier alpha value is -3.35. The standard InChI is InChI=1S/C17H15NO6/c1-10(19)23-14-7-8-15(16(9-14)24-11(2)20)17(22)18-12-3-5-13(21)6-4-12/h3-9,21H,1-2H3,(H,18,22). The molecule has 2 aromatic rings. The number of ether oxygens (including phenoxy) is 2. The normalized spacial score (nSPS) is 9.92. The number of aromatic hydroxyl groups is 1. The number of esters is 2. The van der Waals surface area contributed by atoms with Crippen molar-refractivity contribution in [1.29, 1.82) is 0 Å². The maximum atomic E-state index is 12.4. The molecule has 24 heavy (non-hydrogen) atoms. The van der Waals surface area contributed by atoms with E-state index in [9.17, 15) is 19.5 Å². The van der Waals surface area contributed by atoms with Gasteiger partial charge in [0.05, 0.1) is 5.56 Å². The Balaban J connectivity index is 2.29. The van der Waals surface area contributed by atoms with Crippen LogP contribution in [0.4, 0.5) is 5.69 Å². The van der Waals surface area contributed by atoms with Crippen molar-refractivity contribution in [3.05, 3.63) is 48.0 Å². The average Bonchev–Trinajstić information content (AvgIpc) is 2.48. The van der Waals surface area contributed by atoms with Gasteiger partial charge in [0.15, 0.2) is 0 Å². The maximum absolute atomic E-state index is 12.4. The van der Waals surface area contributed by atoms with E-state index in [1.807, 2.05) is 0 Å². The smallest absolute Gasteiger partial charge is 0.308 e. The number of anilines is 1. The first kappa shape index (κ1) is 17.0. The Morgan fingerprint density at radius 1 is 0.917 bits per heavy atom. The highest BCUT2D eigenvalue weighted by molar-refractivity contribution is 6.06. The predicted octanol–water partition coefficient (Wildman–Crippen LogP) is 2.50. The lowest BCUT2D eigenvalue weighted by Gasteiger charge is -2.11. The third kappa shape index (κ3) is 4.57. The molecule has 2 rings (SSSR count). The molecule has 0 aliphatic heterocycles. The van der Waals surface area contributed by atoms with Crippen LogP contribution < -0.4 is 14.8 Å². The molecule has 2 N–H and O–H groups in total. The molecule has 7 heteroatoms. The molecule has 0 bridgehead atoms. The van der Waals surface area contributed by atoms with Gasteiger partial charge in [0.1, 0.15) is 17.2 Å². The van der Waals surface area contributed by atoms with Gasteiger partial charge in [0, 0.05) is 25.6 Å². The Kier molecular flexibility index (Phi) is 5.16. The summed E-state index contributed by atoms with van der Waals surface area (Å²) >= 11 is 0. The van der Waals surface area contributed by atoms with Crippen LogP contribution in [0.2, 0.25) is 0 Å². The zero-order chi connectivity index (χ0) is 17.7. The van der Waals surface area contributed by atoms with E-state index in [-0.39, 0.29) is 22.8 Å². The van der Waals surface area contributed by atoms with Gasteiger partial charge in [-0.3, -0.25) is 14.4 Å². The van der Waals surface area contributed by atoms with Crippen LogP contribution in [-0.2, 0) is 9.59 Å². The quantitative estimate of drug-likeness (QED) is 0.507. The summed E-state index contributed by atoms with van der Waals surface area (Å²) in [7, 11) is 0. The number of carbonyl (C=O) groups excluding carboxylic acids is 3. The predicted molar refractivity (Wildman–Crippen MR) is 85.1 cm³/mol. The molecular formula is C17H15NO6. The Bertz CT molecular complexity index is 782. The number of carbonyl (C=O) groups is 3. The molecule has 0 heterocycles. The number of benzene rings is 2. The van der Waals surface area contributed by atoms with Crippen LogP contribution >= 0.6 is 0 Å². The van der Waals surface area contributed by atoms with Gasteiger partial charge in [0.2, 0.25) is 0 Å². The highest BCUT2D eigenvalue weighted by Gasteiger charge is 2.16. The minimum Gasteiger partial charge on any atom is -0.508 e. The average molecular weight is 329 g/mol. The second-order valence-corrected chi connectivity index (χ2v) is 4.85. The lowest BCUT2D eigenvalue weighted by molar-refractivity contribution is -0.132. The van der Waals surface area contributed by atoms with Gasteiger partial charge in [0.25, 0.3) is 5.91 Å². The number of rotatable bonds is 4. The minimum absolute atomic E-state index is 0.0301. The van der Waals surface area contributed by atoms with Gasteiger partial charge in [-0.25, -0.2) is 0 Å². The third-order valence-corrected chi connectivity index (χ3v) is 2.84. The highest BCUT2D eigenvalue weighted by Crippen LogP contribution is 2.26. The molecule has 0 aliphatic rings. The molecule has 0 spiro atoms. The van der Waals surface area contributed by atoms with E-state index >= 15 is 0 Å². The van der Waals surface area contributed by atoms with Crippen molar-refractivity contribution >= 4 is 23.5 Å². The van der Waals surface area contributed by atoms with Gasteiger partial charge < -0.3 is 19.9 Å². The van der Waals surface area contributed by atoms with Crippen molar-refractivity contribution in [2.45, 2.75) is 13.8 Å². The maximum Gasteiger partial charge on any atom is 0.308 e. The molecule has 124 valence electrons. The molecule has 0 atom stereocenters. The summed E-state index contributed by atoms with van der Waals surface area (Å²) in [6.07, 6.45) is 0. The summed E-state index contributed by atoms with van der Waals surface area (Å²) in [6, 6.07) is 9.97. The van der Waals surface area contributed by atoms with Gasteiger partial charge >= 0.3 is 11.9 Å². The molecule has 0 aliphatic carbocycles. The summed E-state index contributed by atoms with van der Waals surface area (Å²) in [6.45, 7) is 2.43. The van der Waals surface area contributed by atoms with Crippen LogP contribution in [0.15, 0.2) is 42.5 Å². The van der Waals surface area contributed by atoms with Crippen LogP contribution in [-0.4, -0.2) is 23.0 Å². The van der Waals surface area contributed by atoms with Crippen LogP contribution in [0.1, 0.15) is 24.2 Å². The second-order valence-electron chi connectivity index (χ2n) is 4.85. The summed E-state index contributed by atoms with van der Waals surface area (Å²) in [4.78, 5) is 34.6. The number of amides is 1. The molecule has 0 radical (unpaired) electrons. The first-order valence-electron chi connectivity index (χ1n) is 6.96. The van der Waals surface area contributed by atoms with Gasteiger partial charge in [-0.2, -0.15) is 0 Å². The van der Waals surface area contributed by atoms with Crippen molar-refractivity contribution in [2.24, 2.45) is 0 Å². The van der Waals surface area contributed by atoms with Gasteiger partial charge in [-0.15, -0.1) is 0 Å². The fourth-order valence-electron chi connectivity index (χ4n) is 1.90. The molecule has 0 aromatic heterocycles. The Morgan fingerprint density at radius 2 is 1.54 bits per heavy atom. The van der Waals surface area contributed by atoms with Crippen molar-refractivity contribution in [3.63, 3.8) is 0 Å². The van der Waals surface area contributed by atoms with E-state index in [2.05, 4.69) is 5.32 Å². The summed E-state index contributed by atoms with van der Waals surface area (Å²) in [5, 5.41) is 11.9. The van der Waals surface area contributed by atoms with Gasteiger partial charge in [-0.05, 0) is 36.4 Å². The van der Waals surface area contributed by atoms with E-state index in [0.29, 0.717) is 5.69 Å². The first-order valence-corrected chi connectivity index (χ1v) is 6.96. The number of nitrogens with one attached hydrogen (secondary N) is 1. The Morgan fingerprint density at radius 3 is 2.12 bits per heavy atom. The van der Waals surface area contributed by atoms with Crippen LogP contribution in [0.25, 0.3) is 0 Å². The first-order chi connectivity index (χ1) is 11.3. The van der Waals surface area contributed by atoms with Crippen molar-refractivity contribution in [1.82, 2.24) is 0 Å². The SMILES string of the molecule is CC(=O)Oc1ccc(C(=O)Nc2ccc(O)cc2)c(OC(C)=O)c1. The van der Waals surface area contributed by atoms with E-state index in [0.717, 1.165) is 0 Å². The zero-order valence-corrected chi connectivity index (χ0v) is 13.0. The molecule has 7 nitrogen and oxygen atoms in total. The van der Waals surface area contributed by atoms with E-state index < -0.39 is 17.8 Å². The lowest BCUT2D eigenvalue weighted by atomic mass is 10.1. The minimum atomic E-state index is -0.617. The fraction of sp³-hybridized carbons (Fsp3) is 0.118. The van der Waals surface area contributed by atoms with Crippen molar-refractivity contribution in [2.75, 3.05) is 5.32 Å². The molecule has 0 unspecified atom stereocenters. The van der Waals surface area contributed by atoms with Crippen molar-refractivity contribution in [3.8, 4) is 17.2 Å². The monoisotopic (exact) mass is 329 g/mol. The molecular weight excluding hydrogens is 314 g/mol. The molecule has 1 amide bonds. The van der Waals surface area contributed by atoms with Crippen LogP contribution in [0.3, 0.4) is 0 Å². The van der Waals surface area contributed by atoms with Crippen LogP contribution in [0.5, 0.6) is 17.2 Å². The number of hydrogen-bond acceptors (Lipinski definition) is 6. The summed E-state index contributed by atoms with van der Waals surface area (Å²) in [5.41, 5.74) is 0.546. The molecule has 0 saturated carbocycles. The summed E-state index contributed by atoms with van der Waals surface area (Å²) in [5.74, 6) is -1.48. The number of hydrogen-bond donors (Lipinski definition) is 2. The van der Waals surface area contributed by atoms with E-state index in [4.69, 9.17) is 9.47 Å². The zero-order valence-electron chi connectivity index (χ0n) is 13.0. The fourth-order valence-corrected chi connectivity index (χ4v) is 1.90. The molecule has 2 aromatic carbocycles. The highest BCUT2D eigenvalue weighted by atomic mass is 16.5. The van der Waals surface area contributed by atoms with Crippen molar-refractivity contribution < 1.29 is 29.0 Å². The molecule has 0 fully saturated rings. The van der Waals surface area contributed by atoms with E-state index in [1.54, 1.807) is 0 Å². The lowest BCUT2D eigenvalue weighted by Crippen LogP contribution is -2.15. The van der Waals surface area contributed by atoms with Crippen LogP contribution in [0, 0.1) is 0 Å². The third-order valence-electron chi connectivity index (χ3n) is 2.84. The van der Waals surface area contributed by atoms with Gasteiger partial charge in [-0.1, -0.05) is 0 Å². The Labute approximate surface area is 137 Å². The molecule has 0 saturated heterocycles. The largest absolute Gasteiger partial charge is 0.508 e. The second kappa shape index (κ2) is 7.28.